The Morgan fingerprint density at radius 2 is 1.87 bits per heavy atom. The third-order valence-electron chi connectivity index (χ3n) is 6.63. The SMILES string of the molecule is CC(C)(C)OC(=O)N1CC[C@H]2[C@@H](C1)c1cc(-c3c(Cl)cccc3Cl)cc3c1N2CCC3. The van der Waals surface area contributed by atoms with E-state index in [1.54, 1.807) is 0 Å². The summed E-state index contributed by atoms with van der Waals surface area (Å²) in [5.41, 5.74) is 5.54. The van der Waals surface area contributed by atoms with Gasteiger partial charge in [-0.1, -0.05) is 29.3 Å². The van der Waals surface area contributed by atoms with Gasteiger partial charge in [0.15, 0.2) is 0 Å². The lowest BCUT2D eigenvalue weighted by molar-refractivity contribution is 0.0189. The summed E-state index contributed by atoms with van der Waals surface area (Å²) in [7, 11) is 0. The Labute approximate surface area is 194 Å². The minimum atomic E-state index is -0.488. The molecule has 4 nitrogen and oxygen atoms in total. The van der Waals surface area contributed by atoms with Crippen LogP contribution in [0.15, 0.2) is 30.3 Å². The summed E-state index contributed by atoms with van der Waals surface area (Å²) in [5, 5.41) is 1.33. The van der Waals surface area contributed by atoms with Crippen LogP contribution < -0.4 is 4.90 Å². The molecule has 3 aliphatic rings. The van der Waals surface area contributed by atoms with E-state index in [1.807, 2.05) is 43.9 Å². The molecule has 2 aromatic rings. The van der Waals surface area contributed by atoms with E-state index in [-0.39, 0.29) is 12.0 Å². The van der Waals surface area contributed by atoms with E-state index < -0.39 is 5.60 Å². The summed E-state index contributed by atoms with van der Waals surface area (Å²) in [4.78, 5) is 17.2. The molecule has 1 saturated heterocycles. The Morgan fingerprint density at radius 3 is 2.58 bits per heavy atom. The number of benzene rings is 2. The van der Waals surface area contributed by atoms with Crippen molar-refractivity contribution < 1.29 is 9.53 Å². The van der Waals surface area contributed by atoms with Crippen LogP contribution in [0.3, 0.4) is 0 Å². The van der Waals surface area contributed by atoms with Gasteiger partial charge in [-0.3, -0.25) is 0 Å². The van der Waals surface area contributed by atoms with Gasteiger partial charge in [0.25, 0.3) is 0 Å². The summed E-state index contributed by atoms with van der Waals surface area (Å²) >= 11 is 13.1. The van der Waals surface area contributed by atoms with Crippen LogP contribution in [0.2, 0.25) is 10.0 Å². The molecule has 0 aliphatic carbocycles. The first-order valence-electron chi connectivity index (χ1n) is 11.1. The standard InChI is InChI=1S/C25H28Cl2N2O2/c1-25(2,3)31-24(30)28-11-9-21-18(14-28)17-13-16(22-19(26)7-4-8-20(22)27)12-15-6-5-10-29(21)23(15)17/h4,7-8,12-13,18,21H,5-6,9-11,14H2,1-3H3/t18-,21-/m0/s1. The summed E-state index contributed by atoms with van der Waals surface area (Å²) in [6, 6.07) is 10.6. The highest BCUT2D eigenvalue weighted by molar-refractivity contribution is 6.39. The Morgan fingerprint density at radius 1 is 1.13 bits per heavy atom. The molecule has 0 radical (unpaired) electrons. The van der Waals surface area contributed by atoms with Crippen molar-refractivity contribution in [2.45, 2.75) is 57.6 Å². The van der Waals surface area contributed by atoms with E-state index in [0.29, 0.717) is 22.6 Å². The molecule has 0 N–H and O–H groups in total. The number of halogens is 2. The summed E-state index contributed by atoms with van der Waals surface area (Å²) < 4.78 is 5.67. The maximum Gasteiger partial charge on any atom is 0.410 e. The molecule has 6 heteroatoms. The summed E-state index contributed by atoms with van der Waals surface area (Å²) in [5.74, 6) is 0.273. The highest BCUT2D eigenvalue weighted by Gasteiger charge is 2.45. The molecule has 2 atom stereocenters. The van der Waals surface area contributed by atoms with Crippen LogP contribution in [0, 0.1) is 0 Å². The Hall–Kier alpha value is -1.91. The van der Waals surface area contributed by atoms with E-state index >= 15 is 0 Å². The number of fused-ring (bicyclic) bond motifs is 3. The first-order valence-corrected chi connectivity index (χ1v) is 11.8. The number of nitrogens with zero attached hydrogens (tertiary/aromatic N) is 2. The smallest absolute Gasteiger partial charge is 0.410 e. The minimum absolute atomic E-state index is 0.216. The molecular weight excluding hydrogens is 431 g/mol. The van der Waals surface area contributed by atoms with E-state index in [2.05, 4.69) is 17.0 Å². The third-order valence-corrected chi connectivity index (χ3v) is 7.26. The third kappa shape index (κ3) is 3.68. The molecular formula is C25H28Cl2N2O2. The van der Waals surface area contributed by atoms with Crippen LogP contribution in [0.25, 0.3) is 11.1 Å². The second-order valence-corrected chi connectivity index (χ2v) is 10.7. The number of rotatable bonds is 1. The quantitative estimate of drug-likeness (QED) is 0.487. The molecule has 1 fully saturated rings. The number of hydrogen-bond donors (Lipinski definition) is 0. The summed E-state index contributed by atoms with van der Waals surface area (Å²) in [6.07, 6.45) is 2.95. The van der Waals surface area contributed by atoms with Crippen LogP contribution in [0.5, 0.6) is 0 Å². The molecule has 1 amide bonds. The van der Waals surface area contributed by atoms with Crippen molar-refractivity contribution in [1.29, 1.82) is 0 Å². The average molecular weight is 459 g/mol. The molecule has 0 saturated carbocycles. The molecule has 2 aromatic carbocycles. The highest BCUT2D eigenvalue weighted by atomic mass is 35.5. The molecule has 5 rings (SSSR count). The molecule has 0 bridgehead atoms. The van der Waals surface area contributed by atoms with E-state index in [0.717, 1.165) is 43.5 Å². The van der Waals surface area contributed by atoms with Crippen LogP contribution in [0.4, 0.5) is 10.5 Å². The number of ether oxygens (including phenoxy) is 1. The zero-order valence-corrected chi connectivity index (χ0v) is 19.8. The average Bonchev–Trinajstić information content (AvgIpc) is 3.02. The largest absolute Gasteiger partial charge is 0.444 e. The zero-order valence-electron chi connectivity index (χ0n) is 18.3. The fourth-order valence-electron chi connectivity index (χ4n) is 5.45. The minimum Gasteiger partial charge on any atom is -0.444 e. The van der Waals surface area contributed by atoms with Gasteiger partial charge in [-0.2, -0.15) is 0 Å². The van der Waals surface area contributed by atoms with Crippen molar-refractivity contribution in [2.24, 2.45) is 0 Å². The first-order chi connectivity index (χ1) is 14.7. The summed E-state index contributed by atoms with van der Waals surface area (Å²) in [6.45, 7) is 8.25. The predicted molar refractivity (Wildman–Crippen MR) is 127 cm³/mol. The van der Waals surface area contributed by atoms with Gasteiger partial charge < -0.3 is 14.5 Å². The van der Waals surface area contributed by atoms with Crippen molar-refractivity contribution in [3.05, 3.63) is 51.5 Å². The maximum atomic E-state index is 12.8. The van der Waals surface area contributed by atoms with Gasteiger partial charge in [0.1, 0.15) is 5.60 Å². The number of amides is 1. The zero-order chi connectivity index (χ0) is 21.9. The van der Waals surface area contributed by atoms with E-state index in [1.165, 1.54) is 16.8 Å². The number of anilines is 1. The number of aryl methyl sites for hydroxylation is 1. The molecule has 31 heavy (non-hydrogen) atoms. The fourth-order valence-corrected chi connectivity index (χ4v) is 6.07. The van der Waals surface area contributed by atoms with Gasteiger partial charge in [0.05, 0.1) is 0 Å². The molecule has 0 aromatic heterocycles. The molecule has 0 unspecified atom stereocenters. The lowest BCUT2D eigenvalue weighted by Crippen LogP contribution is -2.49. The molecule has 3 heterocycles. The number of hydrogen-bond acceptors (Lipinski definition) is 3. The predicted octanol–water partition coefficient (Wildman–Crippen LogP) is 6.52. The molecule has 164 valence electrons. The highest BCUT2D eigenvalue weighted by Crippen LogP contribution is 2.51. The van der Waals surface area contributed by atoms with Gasteiger partial charge in [0, 0.05) is 52.9 Å². The van der Waals surface area contributed by atoms with Crippen LogP contribution >= 0.6 is 23.2 Å². The topological polar surface area (TPSA) is 32.8 Å². The monoisotopic (exact) mass is 458 g/mol. The van der Waals surface area contributed by atoms with Gasteiger partial charge >= 0.3 is 6.09 Å². The van der Waals surface area contributed by atoms with E-state index in [9.17, 15) is 4.79 Å². The number of piperidine rings is 1. The number of likely N-dealkylation sites (tertiary alicyclic amines) is 1. The lowest BCUT2D eigenvalue weighted by atomic mass is 9.87. The Balaban J connectivity index is 1.55. The van der Waals surface area contributed by atoms with Crippen LogP contribution in [-0.4, -0.2) is 42.3 Å². The van der Waals surface area contributed by atoms with Gasteiger partial charge in [0.2, 0.25) is 0 Å². The normalized spacial score (nSPS) is 22.2. The maximum absolute atomic E-state index is 12.8. The van der Waals surface area contributed by atoms with Gasteiger partial charge in [-0.15, -0.1) is 0 Å². The second kappa shape index (κ2) is 7.60. The second-order valence-electron chi connectivity index (χ2n) is 9.86. The van der Waals surface area contributed by atoms with Gasteiger partial charge in [-0.25, -0.2) is 4.79 Å². The van der Waals surface area contributed by atoms with Crippen molar-refractivity contribution in [3.63, 3.8) is 0 Å². The van der Waals surface area contributed by atoms with E-state index in [4.69, 9.17) is 27.9 Å². The lowest BCUT2D eigenvalue weighted by Gasteiger charge is -2.40. The fraction of sp³-hybridized carbons (Fsp3) is 0.480. The number of carbonyl (C=O) groups is 1. The van der Waals surface area contributed by atoms with Crippen molar-refractivity contribution in [1.82, 2.24) is 4.90 Å². The molecule has 0 spiro atoms. The van der Waals surface area contributed by atoms with Crippen LogP contribution in [-0.2, 0) is 11.2 Å². The Bertz CT molecular complexity index is 1030. The van der Waals surface area contributed by atoms with Gasteiger partial charge in [-0.05, 0) is 81.0 Å². The van der Waals surface area contributed by atoms with Crippen molar-refractivity contribution in [3.8, 4) is 11.1 Å². The Kier molecular flexibility index (Phi) is 5.14. The van der Waals surface area contributed by atoms with Crippen molar-refractivity contribution >= 4 is 35.0 Å². The molecule has 3 aliphatic heterocycles. The van der Waals surface area contributed by atoms with Crippen molar-refractivity contribution in [2.75, 3.05) is 24.5 Å². The number of carbonyl (C=O) groups excluding carboxylic acids is 1. The first kappa shape index (κ1) is 21.0. The van der Waals surface area contributed by atoms with Crippen LogP contribution in [0.1, 0.15) is 50.7 Å².